The van der Waals surface area contributed by atoms with Gasteiger partial charge in [0.1, 0.15) is 11.5 Å². The third kappa shape index (κ3) is 6.71. The van der Waals surface area contributed by atoms with Crippen molar-refractivity contribution in [1.82, 2.24) is 0 Å². The van der Waals surface area contributed by atoms with E-state index < -0.39 is 0 Å². The highest BCUT2D eigenvalue weighted by molar-refractivity contribution is 5.74. The second-order valence-corrected chi connectivity index (χ2v) is 9.37. The van der Waals surface area contributed by atoms with Crippen LogP contribution in [0.4, 0.5) is 0 Å². The molecule has 0 amide bonds. The molecule has 0 aromatic heterocycles. The molecule has 1 rings (SSSR count). The lowest BCUT2D eigenvalue weighted by molar-refractivity contribution is -0.135. The Balaban J connectivity index is 3.31. The number of esters is 1. The highest BCUT2D eigenvalue weighted by Crippen LogP contribution is 2.42. The summed E-state index contributed by atoms with van der Waals surface area (Å²) < 4.78 is 11.5. The number of allylic oxidation sites excluding steroid dienone is 1. The van der Waals surface area contributed by atoms with Crippen LogP contribution in [0, 0.1) is 5.92 Å². The van der Waals surface area contributed by atoms with Crippen LogP contribution >= 0.6 is 0 Å². The maximum absolute atomic E-state index is 12.8. The SMILES string of the molecule is C=C[C@@H](CCCC)CC(=O)Oc1c(C(C)(C)C)cc(OC)cc1C(C)(C)C. The first-order chi connectivity index (χ1) is 12.4. The summed E-state index contributed by atoms with van der Waals surface area (Å²) in [5, 5.41) is 0. The van der Waals surface area contributed by atoms with Crippen molar-refractivity contribution in [2.75, 3.05) is 7.11 Å². The Hall–Kier alpha value is -1.77. The third-order valence-corrected chi connectivity index (χ3v) is 4.82. The molecule has 0 fully saturated rings. The van der Waals surface area contributed by atoms with Crippen molar-refractivity contribution in [2.24, 2.45) is 5.92 Å². The molecule has 3 nitrogen and oxygen atoms in total. The highest BCUT2D eigenvalue weighted by atomic mass is 16.5. The van der Waals surface area contributed by atoms with Crippen molar-refractivity contribution in [1.29, 1.82) is 0 Å². The molecular weight excluding hydrogens is 336 g/mol. The zero-order valence-electron chi connectivity index (χ0n) is 18.6. The molecule has 1 atom stereocenters. The number of carbonyl (C=O) groups excluding carboxylic acids is 1. The molecule has 0 aliphatic carbocycles. The van der Waals surface area contributed by atoms with Crippen LogP contribution in [0.5, 0.6) is 11.5 Å². The van der Waals surface area contributed by atoms with Crippen LogP contribution in [0.3, 0.4) is 0 Å². The second-order valence-electron chi connectivity index (χ2n) is 9.37. The fourth-order valence-corrected chi connectivity index (χ4v) is 3.08. The van der Waals surface area contributed by atoms with Crippen molar-refractivity contribution in [3.63, 3.8) is 0 Å². The number of rotatable bonds is 8. The van der Waals surface area contributed by atoms with Gasteiger partial charge in [0.2, 0.25) is 0 Å². The molecule has 0 bridgehead atoms. The molecule has 1 aromatic rings. The van der Waals surface area contributed by atoms with E-state index in [1.54, 1.807) is 7.11 Å². The number of carbonyl (C=O) groups is 1. The Morgan fingerprint density at radius 3 is 2.00 bits per heavy atom. The minimum Gasteiger partial charge on any atom is -0.497 e. The van der Waals surface area contributed by atoms with Crippen LogP contribution in [0.15, 0.2) is 24.8 Å². The van der Waals surface area contributed by atoms with E-state index in [0.717, 1.165) is 36.1 Å². The van der Waals surface area contributed by atoms with Crippen LogP contribution in [-0.2, 0) is 15.6 Å². The Bertz CT molecular complexity index is 610. The average Bonchev–Trinajstić information content (AvgIpc) is 2.56. The van der Waals surface area contributed by atoms with Crippen LogP contribution < -0.4 is 9.47 Å². The summed E-state index contributed by atoms with van der Waals surface area (Å²) in [6.07, 6.45) is 5.41. The molecular formula is C24H38O3. The molecule has 1 aromatic carbocycles. The second kappa shape index (κ2) is 9.43. The van der Waals surface area contributed by atoms with Gasteiger partial charge in [-0.3, -0.25) is 4.79 Å². The number of benzene rings is 1. The molecule has 0 saturated carbocycles. The minimum atomic E-state index is -0.197. The number of hydrogen-bond donors (Lipinski definition) is 0. The van der Waals surface area contributed by atoms with Crippen LogP contribution in [0.1, 0.15) is 85.3 Å². The van der Waals surface area contributed by atoms with E-state index in [-0.39, 0.29) is 22.7 Å². The summed E-state index contributed by atoms with van der Waals surface area (Å²) >= 11 is 0. The molecule has 0 unspecified atom stereocenters. The normalized spacial score (nSPS) is 13.2. The third-order valence-electron chi connectivity index (χ3n) is 4.82. The highest BCUT2D eigenvalue weighted by Gasteiger charge is 2.30. The lowest BCUT2D eigenvalue weighted by atomic mass is 9.79. The largest absolute Gasteiger partial charge is 0.497 e. The zero-order valence-corrected chi connectivity index (χ0v) is 18.6. The minimum absolute atomic E-state index is 0.159. The van der Waals surface area contributed by atoms with Gasteiger partial charge >= 0.3 is 5.97 Å². The van der Waals surface area contributed by atoms with E-state index in [9.17, 15) is 4.79 Å². The Morgan fingerprint density at radius 2 is 1.63 bits per heavy atom. The molecule has 0 radical (unpaired) electrons. The molecule has 152 valence electrons. The fourth-order valence-electron chi connectivity index (χ4n) is 3.08. The molecule has 0 spiro atoms. The summed E-state index contributed by atoms with van der Waals surface area (Å²) in [4.78, 5) is 12.8. The van der Waals surface area contributed by atoms with Crippen molar-refractivity contribution < 1.29 is 14.3 Å². The quantitative estimate of drug-likeness (QED) is 0.293. The van der Waals surface area contributed by atoms with Crippen LogP contribution in [0.2, 0.25) is 0 Å². The maximum atomic E-state index is 12.8. The molecule has 3 heteroatoms. The van der Waals surface area contributed by atoms with E-state index in [4.69, 9.17) is 9.47 Å². The predicted octanol–water partition coefficient (Wildman–Crippen LogP) is 6.58. The number of methoxy groups -OCH3 is 1. The van der Waals surface area contributed by atoms with Gasteiger partial charge in [-0.05, 0) is 35.3 Å². The Labute approximate surface area is 166 Å². The Kier molecular flexibility index (Phi) is 8.13. The maximum Gasteiger partial charge on any atom is 0.311 e. The lowest BCUT2D eigenvalue weighted by Crippen LogP contribution is -2.23. The van der Waals surface area contributed by atoms with Crippen LogP contribution in [-0.4, -0.2) is 13.1 Å². The van der Waals surface area contributed by atoms with Gasteiger partial charge < -0.3 is 9.47 Å². The van der Waals surface area contributed by atoms with Gasteiger partial charge in [0.25, 0.3) is 0 Å². The average molecular weight is 375 g/mol. The van der Waals surface area contributed by atoms with Gasteiger partial charge in [0.15, 0.2) is 0 Å². The first-order valence-electron chi connectivity index (χ1n) is 10.00. The number of unbranched alkanes of at least 4 members (excludes halogenated alkanes) is 1. The van der Waals surface area contributed by atoms with E-state index >= 15 is 0 Å². The monoisotopic (exact) mass is 374 g/mol. The van der Waals surface area contributed by atoms with Gasteiger partial charge in [-0.25, -0.2) is 0 Å². The summed E-state index contributed by atoms with van der Waals surface area (Å²) in [6, 6.07) is 3.97. The summed E-state index contributed by atoms with van der Waals surface area (Å²) in [7, 11) is 1.67. The Morgan fingerprint density at radius 1 is 1.11 bits per heavy atom. The summed E-state index contributed by atoms with van der Waals surface area (Å²) in [5.41, 5.74) is 1.63. The van der Waals surface area contributed by atoms with Gasteiger partial charge in [-0.1, -0.05) is 67.4 Å². The van der Waals surface area contributed by atoms with Gasteiger partial charge in [-0.2, -0.15) is 0 Å². The predicted molar refractivity (Wildman–Crippen MR) is 114 cm³/mol. The van der Waals surface area contributed by atoms with E-state index in [1.165, 1.54) is 0 Å². The molecule has 0 saturated heterocycles. The summed E-state index contributed by atoms with van der Waals surface area (Å²) in [6.45, 7) is 18.8. The van der Waals surface area contributed by atoms with E-state index in [2.05, 4.69) is 55.0 Å². The van der Waals surface area contributed by atoms with Gasteiger partial charge in [0, 0.05) is 11.1 Å². The zero-order chi connectivity index (χ0) is 20.8. The van der Waals surface area contributed by atoms with Crippen molar-refractivity contribution in [2.45, 2.75) is 85.0 Å². The lowest BCUT2D eigenvalue weighted by Gasteiger charge is -2.30. The first-order valence-corrected chi connectivity index (χ1v) is 10.00. The molecule has 0 N–H and O–H groups in total. The number of hydrogen-bond acceptors (Lipinski definition) is 3. The standard InChI is InChI=1S/C24H38O3/c1-10-12-13-17(11-2)14-21(25)27-22-19(23(3,4)5)15-18(26-9)16-20(22)24(6,7)8/h11,15-17H,2,10,12-14H2,1,3-9H3/t17-/m0/s1. The topological polar surface area (TPSA) is 35.5 Å². The molecule has 0 aliphatic heterocycles. The molecule has 27 heavy (non-hydrogen) atoms. The van der Waals surface area contributed by atoms with Crippen LogP contribution in [0.25, 0.3) is 0 Å². The first kappa shape index (κ1) is 23.3. The van der Waals surface area contributed by atoms with E-state index in [0.29, 0.717) is 12.2 Å². The molecule has 0 heterocycles. The van der Waals surface area contributed by atoms with Crippen molar-refractivity contribution >= 4 is 5.97 Å². The van der Waals surface area contributed by atoms with Crippen molar-refractivity contribution in [3.8, 4) is 11.5 Å². The smallest absolute Gasteiger partial charge is 0.311 e. The van der Waals surface area contributed by atoms with Crippen molar-refractivity contribution in [3.05, 3.63) is 35.9 Å². The van der Waals surface area contributed by atoms with Gasteiger partial charge in [0.05, 0.1) is 13.5 Å². The van der Waals surface area contributed by atoms with Gasteiger partial charge in [-0.15, -0.1) is 6.58 Å². The van der Waals surface area contributed by atoms with E-state index in [1.807, 2.05) is 18.2 Å². The summed E-state index contributed by atoms with van der Waals surface area (Å²) in [5.74, 6) is 1.43. The molecule has 0 aliphatic rings. The number of ether oxygens (including phenoxy) is 2. The fraction of sp³-hybridized carbons (Fsp3) is 0.625.